The van der Waals surface area contributed by atoms with Crippen LogP contribution >= 0.6 is 11.3 Å². The average molecular weight is 390 g/mol. The quantitative estimate of drug-likeness (QED) is 0.450. The molecule has 0 aliphatic heterocycles. The molecule has 0 fully saturated rings. The molecule has 0 saturated heterocycles. The van der Waals surface area contributed by atoms with Gasteiger partial charge in [0, 0.05) is 0 Å². The van der Waals surface area contributed by atoms with Crippen molar-refractivity contribution in [3.05, 3.63) is 95.3 Å². The summed E-state index contributed by atoms with van der Waals surface area (Å²) in [5.74, 6) is -0.337. The summed E-state index contributed by atoms with van der Waals surface area (Å²) in [5.41, 5.74) is 3.83. The van der Waals surface area contributed by atoms with Crippen molar-refractivity contribution >= 4 is 32.6 Å². The van der Waals surface area contributed by atoms with Crippen LogP contribution in [0.3, 0.4) is 0 Å². The molecule has 0 atom stereocenters. The van der Waals surface area contributed by atoms with Gasteiger partial charge in [0.1, 0.15) is 5.82 Å². The number of nitrogens with zero attached hydrogens (tertiary/aromatic N) is 2. The molecule has 4 rings (SSSR count). The van der Waals surface area contributed by atoms with Gasteiger partial charge in [-0.3, -0.25) is 9.69 Å². The fraction of sp³-hybridized carbons (Fsp3) is 0.130. The van der Waals surface area contributed by atoms with Gasteiger partial charge in [-0.1, -0.05) is 71.5 Å². The fourth-order valence-corrected chi connectivity index (χ4v) is 4.01. The monoisotopic (exact) mass is 390 g/mol. The molecule has 3 aromatic carbocycles. The topological polar surface area (TPSA) is 33.2 Å². The van der Waals surface area contributed by atoms with E-state index in [4.69, 9.17) is 0 Å². The summed E-state index contributed by atoms with van der Waals surface area (Å²) in [4.78, 5) is 19.4. The Kier molecular flexibility index (Phi) is 5.17. The molecule has 140 valence electrons. The molecule has 0 spiro atoms. The molecule has 0 bridgehead atoms. The van der Waals surface area contributed by atoms with Crippen molar-refractivity contribution in [1.82, 2.24) is 4.98 Å². The number of hydrogen-bond acceptors (Lipinski definition) is 3. The summed E-state index contributed by atoms with van der Waals surface area (Å²) < 4.78 is 14.3. The smallest absolute Gasteiger partial charge is 0.233 e. The first kappa shape index (κ1) is 18.3. The molecule has 0 saturated carbocycles. The van der Waals surface area contributed by atoms with Gasteiger partial charge in [-0.05, 0) is 36.2 Å². The zero-order valence-electron chi connectivity index (χ0n) is 15.4. The van der Waals surface area contributed by atoms with Crippen LogP contribution in [0, 0.1) is 12.7 Å². The second-order valence-corrected chi connectivity index (χ2v) is 7.75. The third-order valence-corrected chi connectivity index (χ3v) is 5.57. The van der Waals surface area contributed by atoms with Gasteiger partial charge in [0.25, 0.3) is 0 Å². The molecule has 0 N–H and O–H groups in total. The number of fused-ring (bicyclic) bond motifs is 1. The van der Waals surface area contributed by atoms with E-state index in [-0.39, 0.29) is 18.1 Å². The van der Waals surface area contributed by atoms with Gasteiger partial charge in [0.05, 0.1) is 23.2 Å². The highest BCUT2D eigenvalue weighted by molar-refractivity contribution is 7.22. The Morgan fingerprint density at radius 1 is 1.00 bits per heavy atom. The van der Waals surface area contributed by atoms with Crippen LogP contribution in [0.5, 0.6) is 0 Å². The van der Waals surface area contributed by atoms with Crippen molar-refractivity contribution in [2.45, 2.75) is 19.9 Å². The van der Waals surface area contributed by atoms with Crippen molar-refractivity contribution in [1.29, 1.82) is 0 Å². The first-order valence-electron chi connectivity index (χ1n) is 9.04. The number of aryl methyl sites for hydroxylation is 1. The maximum atomic E-state index is 13.6. The van der Waals surface area contributed by atoms with E-state index in [2.05, 4.69) is 4.98 Å². The Hall–Kier alpha value is -3.05. The van der Waals surface area contributed by atoms with Gasteiger partial charge < -0.3 is 0 Å². The molecule has 1 aromatic heterocycles. The first-order chi connectivity index (χ1) is 13.6. The van der Waals surface area contributed by atoms with Crippen LogP contribution in [0.25, 0.3) is 10.2 Å². The van der Waals surface area contributed by atoms with Crippen LogP contribution in [0.15, 0.2) is 72.8 Å². The third-order valence-electron chi connectivity index (χ3n) is 4.53. The van der Waals surface area contributed by atoms with Crippen LogP contribution in [-0.4, -0.2) is 10.9 Å². The highest BCUT2D eigenvalue weighted by atomic mass is 32.1. The number of halogens is 1. The molecule has 28 heavy (non-hydrogen) atoms. The minimum Gasteiger partial charge on any atom is -0.283 e. The van der Waals surface area contributed by atoms with Crippen molar-refractivity contribution in [2.75, 3.05) is 4.90 Å². The molecular weight excluding hydrogens is 371 g/mol. The zero-order valence-corrected chi connectivity index (χ0v) is 16.2. The number of benzene rings is 3. The lowest BCUT2D eigenvalue weighted by atomic mass is 10.1. The van der Waals surface area contributed by atoms with Crippen molar-refractivity contribution in [3.63, 3.8) is 0 Å². The van der Waals surface area contributed by atoms with Crippen LogP contribution in [0.4, 0.5) is 9.52 Å². The Morgan fingerprint density at radius 3 is 2.50 bits per heavy atom. The average Bonchev–Trinajstić information content (AvgIpc) is 3.11. The van der Waals surface area contributed by atoms with Gasteiger partial charge in [-0.15, -0.1) is 0 Å². The number of hydrogen-bond donors (Lipinski definition) is 0. The third kappa shape index (κ3) is 4.10. The lowest BCUT2D eigenvalue weighted by molar-refractivity contribution is -0.118. The van der Waals surface area contributed by atoms with E-state index in [1.54, 1.807) is 11.0 Å². The number of aromatic nitrogens is 1. The first-order valence-corrected chi connectivity index (χ1v) is 9.86. The molecule has 0 aliphatic carbocycles. The van der Waals surface area contributed by atoms with Gasteiger partial charge in [-0.25, -0.2) is 9.37 Å². The van der Waals surface area contributed by atoms with Crippen LogP contribution in [-0.2, 0) is 17.8 Å². The minimum absolute atomic E-state index is 0.0350. The molecule has 0 radical (unpaired) electrons. The number of amides is 1. The Morgan fingerprint density at radius 2 is 1.75 bits per heavy atom. The number of carbonyl (C=O) groups is 1. The van der Waals surface area contributed by atoms with E-state index in [1.807, 2.05) is 61.5 Å². The van der Waals surface area contributed by atoms with Crippen molar-refractivity contribution < 1.29 is 9.18 Å². The Balaban J connectivity index is 1.67. The van der Waals surface area contributed by atoms with Gasteiger partial charge >= 0.3 is 0 Å². The predicted octanol–water partition coefficient (Wildman–Crippen LogP) is 5.52. The Labute approximate surface area is 167 Å². The number of carbonyl (C=O) groups excluding carboxylic acids is 1. The molecule has 3 nitrogen and oxygen atoms in total. The van der Waals surface area contributed by atoms with Crippen LogP contribution < -0.4 is 4.90 Å². The minimum atomic E-state index is -0.303. The zero-order chi connectivity index (χ0) is 19.5. The van der Waals surface area contributed by atoms with E-state index in [0.717, 1.165) is 21.4 Å². The second-order valence-electron chi connectivity index (χ2n) is 6.74. The van der Waals surface area contributed by atoms with Gasteiger partial charge in [-0.2, -0.15) is 0 Å². The molecule has 1 heterocycles. The fourth-order valence-electron chi connectivity index (χ4n) is 3.01. The lowest BCUT2D eigenvalue weighted by Gasteiger charge is -2.20. The molecular formula is C23H19FN2OS. The molecule has 0 unspecified atom stereocenters. The molecule has 4 aromatic rings. The lowest BCUT2D eigenvalue weighted by Crippen LogP contribution is -2.31. The van der Waals surface area contributed by atoms with E-state index in [0.29, 0.717) is 17.2 Å². The normalized spacial score (nSPS) is 10.9. The number of rotatable bonds is 5. The standard InChI is InChI=1S/C23H19FN2OS/c1-16-7-9-17(10-8-16)13-22(27)26(15-18-5-3-2-4-6-18)23-25-20-12-11-19(24)14-21(20)28-23/h2-12,14H,13,15H2,1H3. The highest BCUT2D eigenvalue weighted by Gasteiger charge is 2.20. The summed E-state index contributed by atoms with van der Waals surface area (Å²) in [6.07, 6.45) is 0.289. The SMILES string of the molecule is Cc1ccc(CC(=O)N(Cc2ccccc2)c2nc3ccc(F)cc3s2)cc1. The summed E-state index contributed by atoms with van der Waals surface area (Å²) in [6, 6.07) is 22.3. The van der Waals surface area contributed by atoms with E-state index >= 15 is 0 Å². The molecule has 5 heteroatoms. The maximum absolute atomic E-state index is 13.6. The number of thiazole rings is 1. The summed E-state index contributed by atoms with van der Waals surface area (Å²) in [5, 5.41) is 0.585. The van der Waals surface area contributed by atoms with Crippen molar-refractivity contribution in [3.8, 4) is 0 Å². The molecule has 1 amide bonds. The summed E-state index contributed by atoms with van der Waals surface area (Å²) >= 11 is 1.33. The van der Waals surface area contributed by atoms with Crippen LogP contribution in [0.1, 0.15) is 16.7 Å². The summed E-state index contributed by atoms with van der Waals surface area (Å²) in [7, 11) is 0. The maximum Gasteiger partial charge on any atom is 0.233 e. The largest absolute Gasteiger partial charge is 0.283 e. The Bertz CT molecular complexity index is 1110. The van der Waals surface area contributed by atoms with E-state index < -0.39 is 0 Å². The van der Waals surface area contributed by atoms with Crippen molar-refractivity contribution in [2.24, 2.45) is 0 Å². The van der Waals surface area contributed by atoms with Gasteiger partial charge in [0.2, 0.25) is 5.91 Å². The van der Waals surface area contributed by atoms with E-state index in [1.165, 1.54) is 23.5 Å². The van der Waals surface area contributed by atoms with E-state index in [9.17, 15) is 9.18 Å². The molecule has 0 aliphatic rings. The highest BCUT2D eigenvalue weighted by Crippen LogP contribution is 2.30. The van der Waals surface area contributed by atoms with Crippen LogP contribution in [0.2, 0.25) is 0 Å². The van der Waals surface area contributed by atoms with Gasteiger partial charge in [0.15, 0.2) is 5.13 Å². The predicted molar refractivity (Wildman–Crippen MR) is 112 cm³/mol. The summed E-state index contributed by atoms with van der Waals surface area (Å²) in [6.45, 7) is 2.45. The second kappa shape index (κ2) is 7.90. The number of anilines is 1.